The summed E-state index contributed by atoms with van der Waals surface area (Å²) < 4.78 is 0. The van der Waals surface area contributed by atoms with Crippen molar-refractivity contribution in [2.24, 2.45) is 0 Å². The minimum absolute atomic E-state index is 0.147. The van der Waals surface area contributed by atoms with Gasteiger partial charge in [0, 0.05) is 16.5 Å². The zero-order valence-corrected chi connectivity index (χ0v) is 10.1. The Bertz CT molecular complexity index is 555. The third kappa shape index (κ3) is 2.31. The second-order valence-electron chi connectivity index (χ2n) is 3.47. The van der Waals surface area contributed by atoms with Crippen LogP contribution in [0.15, 0.2) is 53.4 Å². The van der Waals surface area contributed by atoms with E-state index < -0.39 is 0 Å². The molecular formula is C13H11NO2S. The molecule has 17 heavy (non-hydrogen) atoms. The number of para-hydroxylation sites is 1. The fraction of sp³-hybridized carbons (Fsp3) is 0.0769. The highest BCUT2D eigenvalue weighted by Gasteiger charge is 2.15. The van der Waals surface area contributed by atoms with Gasteiger partial charge < -0.3 is 0 Å². The molecule has 4 heteroatoms. The van der Waals surface area contributed by atoms with Gasteiger partial charge in [0.15, 0.2) is 0 Å². The van der Waals surface area contributed by atoms with Gasteiger partial charge in [-0.3, -0.25) is 10.1 Å². The Labute approximate surface area is 104 Å². The Morgan fingerprint density at radius 2 is 1.59 bits per heavy atom. The zero-order chi connectivity index (χ0) is 12.3. The fourth-order valence-corrected chi connectivity index (χ4v) is 2.34. The molecule has 0 saturated carbocycles. The summed E-state index contributed by atoms with van der Waals surface area (Å²) in [7, 11) is 0. The van der Waals surface area contributed by atoms with E-state index in [1.807, 2.05) is 36.6 Å². The first-order valence-electron chi connectivity index (χ1n) is 5.11. The Hall–Kier alpha value is -1.81. The highest BCUT2D eigenvalue weighted by atomic mass is 32.2. The van der Waals surface area contributed by atoms with Crippen molar-refractivity contribution in [3.05, 3.63) is 58.6 Å². The van der Waals surface area contributed by atoms with E-state index in [1.54, 1.807) is 23.9 Å². The van der Waals surface area contributed by atoms with Gasteiger partial charge in [-0.05, 0) is 18.4 Å². The van der Waals surface area contributed by atoms with Crippen LogP contribution in [0.3, 0.4) is 0 Å². The quantitative estimate of drug-likeness (QED) is 0.466. The van der Waals surface area contributed by atoms with Crippen LogP contribution in [0.25, 0.3) is 11.1 Å². The van der Waals surface area contributed by atoms with Crippen LogP contribution in [0.4, 0.5) is 5.69 Å². The molecule has 0 unspecified atom stereocenters. The highest BCUT2D eigenvalue weighted by molar-refractivity contribution is 7.98. The average Bonchev–Trinajstić information content (AvgIpc) is 2.38. The van der Waals surface area contributed by atoms with Crippen molar-refractivity contribution in [1.29, 1.82) is 0 Å². The molecule has 2 aromatic rings. The van der Waals surface area contributed by atoms with Gasteiger partial charge in [-0.15, -0.1) is 11.8 Å². The lowest BCUT2D eigenvalue weighted by Crippen LogP contribution is -1.92. The molecule has 0 aliphatic carbocycles. The fourth-order valence-electron chi connectivity index (χ4n) is 1.73. The number of hydrogen-bond acceptors (Lipinski definition) is 3. The van der Waals surface area contributed by atoms with Gasteiger partial charge in [0.2, 0.25) is 0 Å². The summed E-state index contributed by atoms with van der Waals surface area (Å²) in [6.45, 7) is 0. The molecule has 0 bridgehead atoms. The third-order valence-electron chi connectivity index (χ3n) is 2.50. The standard InChI is InChI=1S/C13H11NO2S/c1-17-13-9-5-3-7-11(13)10-6-2-4-8-12(10)14(15)16/h2-9H,1H3. The van der Waals surface area contributed by atoms with Crippen LogP contribution in [0.2, 0.25) is 0 Å². The average molecular weight is 245 g/mol. The minimum Gasteiger partial charge on any atom is -0.258 e. The molecular weight excluding hydrogens is 234 g/mol. The molecule has 0 spiro atoms. The van der Waals surface area contributed by atoms with E-state index in [2.05, 4.69) is 0 Å². The van der Waals surface area contributed by atoms with Crippen molar-refractivity contribution in [3.8, 4) is 11.1 Å². The maximum absolute atomic E-state index is 11.0. The molecule has 0 saturated heterocycles. The van der Waals surface area contributed by atoms with Gasteiger partial charge in [-0.1, -0.05) is 30.3 Å². The molecule has 0 atom stereocenters. The molecule has 0 N–H and O–H groups in total. The van der Waals surface area contributed by atoms with Crippen molar-refractivity contribution in [2.75, 3.05) is 6.26 Å². The van der Waals surface area contributed by atoms with E-state index in [0.29, 0.717) is 5.56 Å². The summed E-state index contributed by atoms with van der Waals surface area (Å²) in [5.74, 6) is 0. The lowest BCUT2D eigenvalue weighted by atomic mass is 10.0. The smallest absolute Gasteiger partial charge is 0.258 e. The predicted octanol–water partition coefficient (Wildman–Crippen LogP) is 3.98. The Morgan fingerprint density at radius 1 is 1.00 bits per heavy atom. The van der Waals surface area contributed by atoms with Gasteiger partial charge in [-0.25, -0.2) is 0 Å². The largest absolute Gasteiger partial charge is 0.277 e. The molecule has 3 nitrogen and oxygen atoms in total. The molecule has 2 aromatic carbocycles. The van der Waals surface area contributed by atoms with Crippen LogP contribution in [-0.4, -0.2) is 11.2 Å². The predicted molar refractivity (Wildman–Crippen MR) is 70.3 cm³/mol. The summed E-state index contributed by atoms with van der Waals surface area (Å²) in [6, 6.07) is 14.5. The molecule has 0 heterocycles. The van der Waals surface area contributed by atoms with Crippen molar-refractivity contribution < 1.29 is 4.92 Å². The monoisotopic (exact) mass is 245 g/mol. The normalized spacial score (nSPS) is 10.2. The number of nitro groups is 1. The van der Waals surface area contributed by atoms with E-state index in [1.165, 1.54) is 6.07 Å². The van der Waals surface area contributed by atoms with Gasteiger partial charge in [0.05, 0.1) is 10.5 Å². The zero-order valence-electron chi connectivity index (χ0n) is 9.29. The lowest BCUT2D eigenvalue weighted by molar-refractivity contribution is -0.384. The first-order chi connectivity index (χ1) is 8.24. The molecule has 0 aliphatic rings. The van der Waals surface area contributed by atoms with E-state index in [-0.39, 0.29) is 10.6 Å². The Morgan fingerprint density at radius 3 is 2.24 bits per heavy atom. The summed E-state index contributed by atoms with van der Waals surface area (Å²) in [4.78, 5) is 11.7. The molecule has 0 aliphatic heterocycles. The minimum atomic E-state index is -0.341. The number of hydrogen-bond donors (Lipinski definition) is 0. The summed E-state index contributed by atoms with van der Waals surface area (Å²) in [5, 5.41) is 11.0. The second kappa shape index (κ2) is 5.01. The second-order valence-corrected chi connectivity index (χ2v) is 4.32. The molecule has 0 radical (unpaired) electrons. The number of benzene rings is 2. The van der Waals surface area contributed by atoms with E-state index >= 15 is 0 Å². The van der Waals surface area contributed by atoms with Crippen LogP contribution in [0.1, 0.15) is 0 Å². The van der Waals surface area contributed by atoms with Gasteiger partial charge >= 0.3 is 0 Å². The highest BCUT2D eigenvalue weighted by Crippen LogP contribution is 2.35. The first kappa shape index (κ1) is 11.7. The van der Waals surface area contributed by atoms with Crippen LogP contribution >= 0.6 is 11.8 Å². The lowest BCUT2D eigenvalue weighted by Gasteiger charge is -2.07. The van der Waals surface area contributed by atoms with Crippen molar-refractivity contribution in [3.63, 3.8) is 0 Å². The van der Waals surface area contributed by atoms with Gasteiger partial charge in [0.25, 0.3) is 5.69 Å². The third-order valence-corrected chi connectivity index (χ3v) is 3.29. The Kier molecular flexibility index (Phi) is 3.44. The maximum atomic E-state index is 11.0. The van der Waals surface area contributed by atoms with Crippen LogP contribution in [-0.2, 0) is 0 Å². The first-order valence-corrected chi connectivity index (χ1v) is 6.33. The molecule has 2 rings (SSSR count). The molecule has 0 aromatic heterocycles. The van der Waals surface area contributed by atoms with Crippen LogP contribution in [0.5, 0.6) is 0 Å². The SMILES string of the molecule is CSc1ccccc1-c1ccccc1[N+](=O)[O-]. The van der Waals surface area contributed by atoms with Gasteiger partial charge in [-0.2, -0.15) is 0 Å². The van der Waals surface area contributed by atoms with E-state index in [0.717, 1.165) is 10.5 Å². The van der Waals surface area contributed by atoms with Crippen LogP contribution in [0, 0.1) is 10.1 Å². The number of rotatable bonds is 3. The number of nitrogens with zero attached hydrogens (tertiary/aromatic N) is 1. The summed E-state index contributed by atoms with van der Waals surface area (Å²) in [5.41, 5.74) is 1.73. The van der Waals surface area contributed by atoms with Crippen LogP contribution < -0.4 is 0 Å². The van der Waals surface area contributed by atoms with Crippen molar-refractivity contribution >= 4 is 17.4 Å². The number of nitro benzene ring substituents is 1. The summed E-state index contributed by atoms with van der Waals surface area (Å²) >= 11 is 1.59. The Balaban J connectivity index is 2.64. The molecule has 86 valence electrons. The summed E-state index contributed by atoms with van der Waals surface area (Å²) in [6.07, 6.45) is 1.97. The van der Waals surface area contributed by atoms with E-state index in [4.69, 9.17) is 0 Å². The topological polar surface area (TPSA) is 43.1 Å². The van der Waals surface area contributed by atoms with Crippen molar-refractivity contribution in [2.45, 2.75) is 4.90 Å². The van der Waals surface area contributed by atoms with E-state index in [9.17, 15) is 10.1 Å². The molecule has 0 fully saturated rings. The van der Waals surface area contributed by atoms with Crippen molar-refractivity contribution in [1.82, 2.24) is 0 Å². The maximum Gasteiger partial charge on any atom is 0.277 e. The van der Waals surface area contributed by atoms with Gasteiger partial charge in [0.1, 0.15) is 0 Å². The number of thioether (sulfide) groups is 1. The molecule has 0 amide bonds.